The lowest BCUT2D eigenvalue weighted by molar-refractivity contribution is -0.385. The highest BCUT2D eigenvalue weighted by atomic mass is 32.1. The van der Waals surface area contributed by atoms with E-state index in [0.29, 0.717) is 30.3 Å². The molecule has 150 valence electrons. The minimum Gasteiger partial charge on any atom is -0.324 e. The maximum Gasteiger partial charge on any atom is 0.321 e. The summed E-state index contributed by atoms with van der Waals surface area (Å²) in [6.45, 7) is 9.43. The monoisotopic (exact) mass is 402 g/mol. The molecule has 1 aliphatic heterocycles. The zero-order valence-corrected chi connectivity index (χ0v) is 17.5. The number of hydrogen-bond donors (Lipinski definition) is 1. The molecule has 8 heteroatoms. The summed E-state index contributed by atoms with van der Waals surface area (Å²) in [5.74, 6) is 0.379. The molecular weight excluding hydrogens is 376 g/mol. The molecule has 2 aromatic rings. The van der Waals surface area contributed by atoms with Crippen LogP contribution in [0.5, 0.6) is 0 Å². The normalized spacial score (nSPS) is 15.5. The smallest absolute Gasteiger partial charge is 0.321 e. The van der Waals surface area contributed by atoms with E-state index in [1.807, 2.05) is 0 Å². The van der Waals surface area contributed by atoms with E-state index in [1.54, 1.807) is 35.3 Å². The maximum atomic E-state index is 12.6. The highest BCUT2D eigenvalue weighted by Crippen LogP contribution is 2.33. The molecule has 0 saturated carbocycles. The number of likely N-dealkylation sites (tertiary alicyclic amines) is 1. The molecule has 0 aliphatic carbocycles. The van der Waals surface area contributed by atoms with Crippen LogP contribution in [0.3, 0.4) is 0 Å². The molecule has 1 aliphatic rings. The molecule has 2 heterocycles. The number of anilines is 1. The van der Waals surface area contributed by atoms with Crippen LogP contribution < -0.4 is 5.32 Å². The van der Waals surface area contributed by atoms with Gasteiger partial charge < -0.3 is 10.2 Å². The molecule has 1 saturated heterocycles. The second-order valence-corrected chi connectivity index (χ2v) is 9.11. The average Bonchev–Trinajstić information content (AvgIpc) is 3.14. The van der Waals surface area contributed by atoms with Gasteiger partial charge in [-0.3, -0.25) is 10.1 Å². The third-order valence-electron chi connectivity index (χ3n) is 5.17. The Labute approximate surface area is 168 Å². The lowest BCUT2D eigenvalue weighted by Crippen LogP contribution is -2.40. The molecule has 28 heavy (non-hydrogen) atoms. The van der Waals surface area contributed by atoms with Crippen LogP contribution in [0, 0.1) is 17.0 Å². The highest BCUT2D eigenvalue weighted by molar-refractivity contribution is 7.09. The van der Waals surface area contributed by atoms with E-state index in [1.165, 1.54) is 6.07 Å². The van der Waals surface area contributed by atoms with Gasteiger partial charge in [-0.2, -0.15) is 0 Å². The van der Waals surface area contributed by atoms with Crippen molar-refractivity contribution in [2.45, 2.75) is 51.9 Å². The number of carbonyl (C=O) groups excluding carboxylic acids is 1. The molecule has 1 aromatic carbocycles. The van der Waals surface area contributed by atoms with Crippen LogP contribution in [0.4, 0.5) is 16.2 Å². The maximum absolute atomic E-state index is 12.6. The van der Waals surface area contributed by atoms with E-state index in [9.17, 15) is 14.9 Å². The van der Waals surface area contributed by atoms with E-state index in [0.717, 1.165) is 23.5 Å². The number of carbonyl (C=O) groups is 1. The van der Waals surface area contributed by atoms with Crippen LogP contribution in [0.1, 0.15) is 55.8 Å². The molecule has 1 aromatic heterocycles. The van der Waals surface area contributed by atoms with E-state index < -0.39 is 4.92 Å². The summed E-state index contributed by atoms with van der Waals surface area (Å²) >= 11 is 1.71. The van der Waals surface area contributed by atoms with Crippen LogP contribution >= 0.6 is 11.3 Å². The van der Waals surface area contributed by atoms with Crippen molar-refractivity contribution < 1.29 is 9.72 Å². The molecule has 1 N–H and O–H groups in total. The first-order valence-electron chi connectivity index (χ1n) is 9.42. The van der Waals surface area contributed by atoms with Gasteiger partial charge in [-0.05, 0) is 25.8 Å². The first kappa shape index (κ1) is 20.3. The average molecular weight is 403 g/mol. The Morgan fingerprint density at radius 2 is 2.00 bits per heavy atom. The van der Waals surface area contributed by atoms with Gasteiger partial charge in [-0.15, -0.1) is 11.3 Å². The number of nitrogens with one attached hydrogen (secondary N) is 1. The van der Waals surface area contributed by atoms with Crippen molar-refractivity contribution in [3.63, 3.8) is 0 Å². The van der Waals surface area contributed by atoms with Crippen molar-refractivity contribution >= 4 is 28.7 Å². The van der Waals surface area contributed by atoms with Gasteiger partial charge in [0.05, 0.1) is 26.9 Å². The summed E-state index contributed by atoms with van der Waals surface area (Å²) in [4.78, 5) is 29.8. The van der Waals surface area contributed by atoms with Gasteiger partial charge in [0.1, 0.15) is 0 Å². The van der Waals surface area contributed by atoms with Crippen LogP contribution in [0.2, 0.25) is 0 Å². The molecule has 0 atom stereocenters. The summed E-state index contributed by atoms with van der Waals surface area (Å²) in [5.41, 5.74) is 2.12. The zero-order valence-electron chi connectivity index (χ0n) is 16.7. The fourth-order valence-electron chi connectivity index (χ4n) is 3.30. The minimum absolute atomic E-state index is 0.00919. The van der Waals surface area contributed by atoms with Crippen LogP contribution in [-0.2, 0) is 5.41 Å². The SMILES string of the molecule is Cc1c(NC(=O)N2CCC(c3nc(C(C)(C)C)cs3)CC2)cccc1[N+](=O)[O-]. The van der Waals surface area contributed by atoms with Gasteiger partial charge in [0.2, 0.25) is 0 Å². The summed E-state index contributed by atoms with van der Waals surface area (Å²) in [6.07, 6.45) is 1.75. The van der Waals surface area contributed by atoms with Crippen molar-refractivity contribution in [1.82, 2.24) is 9.88 Å². The number of piperidine rings is 1. The fourth-order valence-corrected chi connectivity index (χ4v) is 4.52. The number of nitrogens with zero attached hydrogens (tertiary/aromatic N) is 3. The van der Waals surface area contributed by atoms with E-state index in [2.05, 4.69) is 31.5 Å². The molecule has 3 rings (SSSR count). The van der Waals surface area contributed by atoms with Crippen LogP contribution in [-0.4, -0.2) is 33.9 Å². The van der Waals surface area contributed by atoms with Crippen LogP contribution in [0.15, 0.2) is 23.6 Å². The fraction of sp³-hybridized carbons (Fsp3) is 0.500. The van der Waals surface area contributed by atoms with E-state index in [4.69, 9.17) is 4.98 Å². The Morgan fingerprint density at radius 1 is 1.32 bits per heavy atom. The summed E-state index contributed by atoms with van der Waals surface area (Å²) in [7, 11) is 0. The second kappa shape index (κ2) is 7.87. The Hall–Kier alpha value is -2.48. The molecule has 0 bridgehead atoms. The first-order valence-corrected chi connectivity index (χ1v) is 10.3. The summed E-state index contributed by atoms with van der Waals surface area (Å²) in [6, 6.07) is 4.51. The van der Waals surface area contributed by atoms with E-state index in [-0.39, 0.29) is 17.1 Å². The second-order valence-electron chi connectivity index (χ2n) is 8.22. The molecule has 0 unspecified atom stereocenters. The predicted molar refractivity (Wildman–Crippen MR) is 111 cm³/mol. The first-order chi connectivity index (χ1) is 13.2. The van der Waals surface area contributed by atoms with Crippen molar-refractivity contribution in [2.75, 3.05) is 18.4 Å². The van der Waals surface area contributed by atoms with Crippen molar-refractivity contribution in [1.29, 1.82) is 0 Å². The molecular formula is C20H26N4O3S. The van der Waals surface area contributed by atoms with Crippen molar-refractivity contribution in [3.8, 4) is 0 Å². The largest absolute Gasteiger partial charge is 0.324 e. The quantitative estimate of drug-likeness (QED) is 0.573. The molecule has 2 amide bonds. The highest BCUT2D eigenvalue weighted by Gasteiger charge is 2.27. The van der Waals surface area contributed by atoms with Gasteiger partial charge in [0.15, 0.2) is 0 Å². The van der Waals surface area contributed by atoms with Gasteiger partial charge in [0.25, 0.3) is 5.69 Å². The third-order valence-corrected chi connectivity index (χ3v) is 6.17. The number of aromatic nitrogens is 1. The number of amides is 2. The summed E-state index contributed by atoms with van der Waals surface area (Å²) < 4.78 is 0. The standard InChI is InChI=1S/C20H26N4O3S/c1-13-15(6-5-7-16(13)24(26)27)21-19(25)23-10-8-14(9-11-23)18-22-17(12-28-18)20(2,3)4/h5-7,12,14H,8-11H2,1-4H3,(H,21,25). The number of benzene rings is 1. The third kappa shape index (κ3) is 4.32. The van der Waals surface area contributed by atoms with Gasteiger partial charge in [-0.1, -0.05) is 26.8 Å². The predicted octanol–water partition coefficient (Wildman–Crippen LogP) is 5.07. The Kier molecular flexibility index (Phi) is 5.69. The zero-order chi connectivity index (χ0) is 20.5. The number of urea groups is 1. The number of nitro groups is 1. The number of thiazole rings is 1. The molecule has 7 nitrogen and oxygen atoms in total. The minimum atomic E-state index is -0.434. The van der Waals surface area contributed by atoms with E-state index >= 15 is 0 Å². The molecule has 0 radical (unpaired) electrons. The Balaban J connectivity index is 1.61. The molecule has 1 fully saturated rings. The van der Waals surface area contributed by atoms with Gasteiger partial charge in [-0.25, -0.2) is 9.78 Å². The van der Waals surface area contributed by atoms with Crippen molar-refractivity contribution in [2.24, 2.45) is 0 Å². The van der Waals surface area contributed by atoms with Crippen LogP contribution in [0.25, 0.3) is 0 Å². The molecule has 0 spiro atoms. The van der Waals surface area contributed by atoms with Gasteiger partial charge in [0, 0.05) is 35.9 Å². The van der Waals surface area contributed by atoms with Gasteiger partial charge >= 0.3 is 6.03 Å². The van der Waals surface area contributed by atoms with Crippen molar-refractivity contribution in [3.05, 3.63) is 50.0 Å². The lowest BCUT2D eigenvalue weighted by atomic mass is 9.93. The topological polar surface area (TPSA) is 88.4 Å². The Morgan fingerprint density at radius 3 is 2.57 bits per heavy atom. The number of hydrogen-bond acceptors (Lipinski definition) is 5. The Bertz CT molecular complexity index is 880. The summed E-state index contributed by atoms with van der Waals surface area (Å²) in [5, 5.41) is 17.2. The number of rotatable bonds is 3. The number of nitro benzene ring substituents is 1. The lowest BCUT2D eigenvalue weighted by Gasteiger charge is -2.31.